The first-order valence-electron chi connectivity index (χ1n) is 8.14. The van der Waals surface area contributed by atoms with E-state index in [9.17, 15) is 0 Å². The van der Waals surface area contributed by atoms with E-state index in [4.69, 9.17) is 11.6 Å². The van der Waals surface area contributed by atoms with Gasteiger partial charge in [-0.3, -0.25) is 0 Å². The Morgan fingerprint density at radius 2 is 2.00 bits per heavy atom. The molecule has 118 valence electrons. The molecule has 0 radical (unpaired) electrons. The number of halogens is 1. The first-order chi connectivity index (χ1) is 9.87. The van der Waals surface area contributed by atoms with Crippen LogP contribution in [0.1, 0.15) is 52.5 Å². The van der Waals surface area contributed by atoms with Crippen LogP contribution in [-0.4, -0.2) is 19.1 Å². The van der Waals surface area contributed by atoms with Gasteiger partial charge in [0.05, 0.1) is 0 Å². The molecular formula is C18H29ClN2. The van der Waals surface area contributed by atoms with Gasteiger partial charge in [-0.05, 0) is 42.4 Å². The van der Waals surface area contributed by atoms with Crippen molar-refractivity contribution in [2.24, 2.45) is 5.41 Å². The molecule has 2 rings (SSSR count). The predicted molar refractivity (Wildman–Crippen MR) is 93.3 cm³/mol. The maximum absolute atomic E-state index is 6.46. The Hall–Kier alpha value is -0.730. The quantitative estimate of drug-likeness (QED) is 0.855. The highest BCUT2D eigenvalue weighted by Crippen LogP contribution is 2.32. The molecule has 1 aromatic rings. The van der Waals surface area contributed by atoms with Gasteiger partial charge >= 0.3 is 0 Å². The van der Waals surface area contributed by atoms with E-state index in [1.807, 2.05) is 0 Å². The van der Waals surface area contributed by atoms with Crippen LogP contribution in [0.25, 0.3) is 0 Å². The van der Waals surface area contributed by atoms with Gasteiger partial charge in [0.15, 0.2) is 0 Å². The molecule has 0 spiro atoms. The average molecular weight is 309 g/mol. The second-order valence-corrected chi connectivity index (χ2v) is 7.72. The summed E-state index contributed by atoms with van der Waals surface area (Å²) in [6.07, 6.45) is 3.83. The predicted octanol–water partition coefficient (Wildman–Crippen LogP) is 4.85. The van der Waals surface area contributed by atoms with Crippen LogP contribution in [-0.2, 0) is 6.54 Å². The fraction of sp³-hybridized carbons (Fsp3) is 0.667. The summed E-state index contributed by atoms with van der Waals surface area (Å²) in [5.74, 6) is 0. The molecule has 0 bridgehead atoms. The van der Waals surface area contributed by atoms with Crippen LogP contribution in [0, 0.1) is 5.41 Å². The second kappa shape index (κ2) is 7.02. The zero-order valence-corrected chi connectivity index (χ0v) is 14.6. The number of hydrogen-bond acceptors (Lipinski definition) is 2. The van der Waals surface area contributed by atoms with Crippen molar-refractivity contribution < 1.29 is 0 Å². The van der Waals surface area contributed by atoms with Crippen molar-refractivity contribution in [1.29, 1.82) is 0 Å². The van der Waals surface area contributed by atoms with E-state index in [2.05, 4.69) is 56.1 Å². The van der Waals surface area contributed by atoms with Gasteiger partial charge in [-0.2, -0.15) is 0 Å². The lowest BCUT2D eigenvalue weighted by atomic mass is 9.85. The third kappa shape index (κ3) is 4.89. The van der Waals surface area contributed by atoms with E-state index in [1.165, 1.54) is 30.5 Å². The fourth-order valence-corrected chi connectivity index (χ4v) is 3.11. The standard InChI is InChI=1S/C18H29ClN2/c1-14(2)20-13-15-6-7-16(12-17(15)19)21-10-5-8-18(3,4)9-11-21/h6-7,12,14,20H,5,8-11,13H2,1-4H3. The van der Waals surface area contributed by atoms with Crippen LogP contribution in [0.2, 0.25) is 5.02 Å². The summed E-state index contributed by atoms with van der Waals surface area (Å²) in [6, 6.07) is 7.01. The normalized spacial score (nSPS) is 18.9. The second-order valence-electron chi connectivity index (χ2n) is 7.32. The van der Waals surface area contributed by atoms with Crippen LogP contribution >= 0.6 is 11.6 Å². The van der Waals surface area contributed by atoms with Gasteiger partial charge < -0.3 is 10.2 Å². The molecule has 1 fully saturated rings. The minimum absolute atomic E-state index is 0.472. The lowest BCUT2D eigenvalue weighted by Gasteiger charge is -2.25. The molecule has 0 aliphatic carbocycles. The van der Waals surface area contributed by atoms with Gasteiger partial charge in [-0.25, -0.2) is 0 Å². The first-order valence-corrected chi connectivity index (χ1v) is 8.52. The maximum Gasteiger partial charge on any atom is 0.0471 e. The van der Waals surface area contributed by atoms with Crippen molar-refractivity contribution in [1.82, 2.24) is 5.32 Å². The van der Waals surface area contributed by atoms with E-state index in [0.29, 0.717) is 11.5 Å². The maximum atomic E-state index is 6.46. The van der Waals surface area contributed by atoms with Crippen LogP contribution in [0.4, 0.5) is 5.69 Å². The Morgan fingerprint density at radius 1 is 1.24 bits per heavy atom. The summed E-state index contributed by atoms with van der Waals surface area (Å²) in [5.41, 5.74) is 2.93. The van der Waals surface area contributed by atoms with E-state index in [-0.39, 0.29) is 0 Å². The van der Waals surface area contributed by atoms with Crippen LogP contribution in [0.15, 0.2) is 18.2 Å². The third-order valence-corrected chi connectivity index (χ3v) is 4.79. The monoisotopic (exact) mass is 308 g/mol. The zero-order valence-electron chi connectivity index (χ0n) is 13.9. The first kappa shape index (κ1) is 16.6. The minimum atomic E-state index is 0.472. The van der Waals surface area contributed by atoms with Crippen molar-refractivity contribution >= 4 is 17.3 Å². The molecule has 0 unspecified atom stereocenters. The van der Waals surface area contributed by atoms with Crippen molar-refractivity contribution in [3.8, 4) is 0 Å². The molecule has 21 heavy (non-hydrogen) atoms. The Labute approximate surface area is 134 Å². The molecular weight excluding hydrogens is 280 g/mol. The number of hydrogen-bond donors (Lipinski definition) is 1. The number of benzene rings is 1. The highest BCUT2D eigenvalue weighted by molar-refractivity contribution is 6.31. The van der Waals surface area contributed by atoms with Gasteiger partial charge in [0.25, 0.3) is 0 Å². The average Bonchev–Trinajstić information content (AvgIpc) is 2.58. The van der Waals surface area contributed by atoms with Crippen molar-refractivity contribution in [2.45, 2.75) is 59.5 Å². The van der Waals surface area contributed by atoms with Crippen molar-refractivity contribution in [2.75, 3.05) is 18.0 Å². The lowest BCUT2D eigenvalue weighted by molar-refractivity contribution is 0.325. The molecule has 1 saturated heterocycles. The van der Waals surface area contributed by atoms with Crippen molar-refractivity contribution in [3.05, 3.63) is 28.8 Å². The Bertz CT molecular complexity index is 468. The summed E-state index contributed by atoms with van der Waals surface area (Å²) in [5, 5.41) is 4.30. The Balaban J connectivity index is 2.05. The topological polar surface area (TPSA) is 15.3 Å². The largest absolute Gasteiger partial charge is 0.371 e. The molecule has 1 heterocycles. The summed E-state index contributed by atoms with van der Waals surface area (Å²) >= 11 is 6.46. The minimum Gasteiger partial charge on any atom is -0.371 e. The summed E-state index contributed by atoms with van der Waals surface area (Å²) in [7, 11) is 0. The lowest BCUT2D eigenvalue weighted by Crippen LogP contribution is -2.25. The van der Waals surface area contributed by atoms with E-state index >= 15 is 0 Å². The van der Waals surface area contributed by atoms with Gasteiger partial charge in [0.2, 0.25) is 0 Å². The Kier molecular flexibility index (Phi) is 5.56. The molecule has 1 N–H and O–H groups in total. The smallest absolute Gasteiger partial charge is 0.0471 e. The summed E-state index contributed by atoms with van der Waals surface area (Å²) in [4.78, 5) is 2.49. The number of anilines is 1. The van der Waals surface area contributed by atoms with Gasteiger partial charge in [-0.15, -0.1) is 0 Å². The van der Waals surface area contributed by atoms with Crippen LogP contribution < -0.4 is 10.2 Å². The molecule has 1 aliphatic rings. The van der Waals surface area contributed by atoms with Crippen LogP contribution in [0.3, 0.4) is 0 Å². The molecule has 0 amide bonds. The number of nitrogens with one attached hydrogen (secondary N) is 1. The van der Waals surface area contributed by atoms with E-state index in [1.54, 1.807) is 0 Å². The SMILES string of the molecule is CC(C)NCc1ccc(N2CCCC(C)(C)CC2)cc1Cl. The molecule has 1 aliphatic heterocycles. The van der Waals surface area contributed by atoms with E-state index in [0.717, 1.165) is 24.7 Å². The summed E-state index contributed by atoms with van der Waals surface area (Å²) in [6.45, 7) is 12.2. The molecule has 1 aromatic carbocycles. The zero-order chi connectivity index (χ0) is 15.5. The highest BCUT2D eigenvalue weighted by atomic mass is 35.5. The fourth-order valence-electron chi connectivity index (χ4n) is 2.87. The number of nitrogens with zero attached hydrogens (tertiary/aromatic N) is 1. The number of rotatable bonds is 4. The van der Waals surface area contributed by atoms with Crippen LogP contribution in [0.5, 0.6) is 0 Å². The van der Waals surface area contributed by atoms with Gasteiger partial charge in [-0.1, -0.05) is 45.4 Å². The highest BCUT2D eigenvalue weighted by Gasteiger charge is 2.23. The molecule has 2 nitrogen and oxygen atoms in total. The van der Waals surface area contributed by atoms with Crippen molar-refractivity contribution in [3.63, 3.8) is 0 Å². The van der Waals surface area contributed by atoms with Gasteiger partial charge in [0.1, 0.15) is 0 Å². The third-order valence-electron chi connectivity index (χ3n) is 4.44. The summed E-state index contributed by atoms with van der Waals surface area (Å²) < 4.78 is 0. The van der Waals surface area contributed by atoms with E-state index < -0.39 is 0 Å². The molecule has 0 atom stereocenters. The van der Waals surface area contributed by atoms with Gasteiger partial charge in [0, 0.05) is 36.4 Å². The molecule has 0 saturated carbocycles. The molecule has 3 heteroatoms. The Morgan fingerprint density at radius 3 is 2.67 bits per heavy atom. The molecule has 0 aromatic heterocycles.